The highest BCUT2D eigenvalue weighted by molar-refractivity contribution is 7.99. The van der Waals surface area contributed by atoms with Crippen LogP contribution in [0.25, 0.3) is 22.3 Å². The third kappa shape index (κ3) is 8.22. The number of likely N-dealkylation sites (tertiary alicyclic amines) is 1. The van der Waals surface area contributed by atoms with E-state index in [4.69, 9.17) is 5.11 Å². The van der Waals surface area contributed by atoms with E-state index in [2.05, 4.69) is 46.9 Å². The molecule has 0 saturated carbocycles. The number of hydrogen-bond donors (Lipinski definition) is 3. The van der Waals surface area contributed by atoms with Gasteiger partial charge in [0, 0.05) is 42.6 Å². The van der Waals surface area contributed by atoms with Crippen molar-refractivity contribution >= 4 is 41.1 Å². The number of aliphatic hydroxyl groups is 1. The number of anilines is 2. The largest absolute Gasteiger partial charge is 0.481 e. The number of nitrogens with one attached hydrogen (secondary N) is 1. The molecule has 2 aliphatic rings. The van der Waals surface area contributed by atoms with Crippen molar-refractivity contribution in [1.82, 2.24) is 4.90 Å². The van der Waals surface area contributed by atoms with Crippen molar-refractivity contribution < 1.29 is 24.6 Å². The van der Waals surface area contributed by atoms with E-state index >= 15 is 0 Å². The molecule has 4 aromatic carbocycles. The molecule has 2 amide bonds. The van der Waals surface area contributed by atoms with Gasteiger partial charge in [-0.3, -0.25) is 14.4 Å². The van der Waals surface area contributed by atoms with Crippen LogP contribution in [0.5, 0.6) is 0 Å². The minimum atomic E-state index is -0.855. The normalized spacial score (nSPS) is 13.7. The number of nitrogens with zero attached hydrogens (tertiary/aromatic N) is 2. The predicted octanol–water partition coefficient (Wildman–Crippen LogP) is 8.32. The van der Waals surface area contributed by atoms with E-state index in [9.17, 15) is 19.5 Å². The van der Waals surface area contributed by atoms with Gasteiger partial charge in [0.15, 0.2) is 0 Å². The Morgan fingerprint density at radius 2 is 1.62 bits per heavy atom. The second-order valence-corrected chi connectivity index (χ2v) is 14.9. The summed E-state index contributed by atoms with van der Waals surface area (Å²) in [6.45, 7) is 13.1. The maximum Gasteiger partial charge on any atom is 0.307 e. The molecule has 2 heterocycles. The van der Waals surface area contributed by atoms with Gasteiger partial charge in [-0.25, -0.2) is 0 Å². The number of rotatable bonds is 8. The van der Waals surface area contributed by atoms with Crippen molar-refractivity contribution in [2.75, 3.05) is 22.4 Å². The molecule has 8 nitrogen and oxygen atoms in total. The quantitative estimate of drug-likeness (QED) is 0.159. The van der Waals surface area contributed by atoms with E-state index in [-0.39, 0.29) is 18.2 Å². The van der Waals surface area contributed by atoms with Crippen LogP contribution < -0.4 is 9.62 Å². The maximum absolute atomic E-state index is 13.5. The lowest BCUT2D eigenvalue weighted by Crippen LogP contribution is -2.26. The van der Waals surface area contributed by atoms with Gasteiger partial charge >= 0.3 is 5.97 Å². The first-order valence-corrected chi connectivity index (χ1v) is 18.1. The molecule has 3 N–H and O–H groups in total. The summed E-state index contributed by atoms with van der Waals surface area (Å²) < 4.78 is 2.22. The summed E-state index contributed by atoms with van der Waals surface area (Å²) in [6.07, 6.45) is 3.38. The number of carbonyl (C=O) groups is 3. The highest BCUT2D eigenvalue weighted by atomic mass is 32.2. The third-order valence-corrected chi connectivity index (χ3v) is 9.73. The number of carboxylic acids is 1. The Kier molecular flexibility index (Phi) is 11.1. The van der Waals surface area contributed by atoms with Crippen molar-refractivity contribution in [3.05, 3.63) is 106 Å². The van der Waals surface area contributed by atoms with Crippen molar-refractivity contribution in [1.29, 1.82) is 0 Å². The standard InChI is InChI=1S/C37H37N3O4S.C4H10O/c1-22-11-13-25(14-12-22)34-24(3)35-29-16-15-28(18-27(29)21-40(45-4)36(35)23(2)31(34)19-33(42)43)38-37(44)30-9-6-5-8-26(30)20-39-17-7-10-32(39)41;1-4(2,3)5/h5-6,8-9,11-16,18H,7,10,17,19-21H2,1-4H3,(H,38,44)(H,42,43);5H,1-3H3. The van der Waals surface area contributed by atoms with E-state index < -0.39 is 11.6 Å². The van der Waals surface area contributed by atoms with E-state index in [1.54, 1.807) is 32.7 Å². The van der Waals surface area contributed by atoms with E-state index in [1.165, 1.54) is 0 Å². The van der Waals surface area contributed by atoms with Crippen molar-refractivity contribution in [3.63, 3.8) is 0 Å². The first-order valence-electron chi connectivity index (χ1n) is 17.0. The molecular formula is C41H47N3O5S. The monoisotopic (exact) mass is 693 g/mol. The van der Waals surface area contributed by atoms with E-state index in [1.807, 2.05) is 61.4 Å². The molecule has 1 saturated heterocycles. The Labute approximate surface area is 299 Å². The summed E-state index contributed by atoms with van der Waals surface area (Å²) in [5.41, 5.74) is 11.8. The average Bonchev–Trinajstić information content (AvgIpc) is 3.46. The fourth-order valence-corrected chi connectivity index (χ4v) is 7.44. The molecular weight excluding hydrogens is 647 g/mol. The van der Waals surface area contributed by atoms with Crippen LogP contribution in [0.2, 0.25) is 0 Å². The van der Waals surface area contributed by atoms with Crippen LogP contribution in [0.3, 0.4) is 0 Å². The van der Waals surface area contributed by atoms with Crippen LogP contribution in [0.15, 0.2) is 66.7 Å². The van der Waals surface area contributed by atoms with Gasteiger partial charge in [-0.15, -0.1) is 0 Å². The molecule has 50 heavy (non-hydrogen) atoms. The van der Waals surface area contributed by atoms with Gasteiger partial charge in [-0.05, 0) is 111 Å². The molecule has 0 aromatic heterocycles. The number of carboxylic acid groups (broad SMARTS) is 1. The van der Waals surface area contributed by atoms with Crippen LogP contribution in [-0.4, -0.2) is 51.3 Å². The lowest BCUT2D eigenvalue weighted by molar-refractivity contribution is -0.136. The Morgan fingerprint density at radius 1 is 0.940 bits per heavy atom. The van der Waals surface area contributed by atoms with Gasteiger partial charge in [-0.2, -0.15) is 0 Å². The fourth-order valence-electron chi connectivity index (χ4n) is 6.76. The maximum atomic E-state index is 13.5. The molecule has 2 aliphatic heterocycles. The first-order chi connectivity index (χ1) is 23.7. The highest BCUT2D eigenvalue weighted by Crippen LogP contribution is 2.50. The Balaban J connectivity index is 0.000000908. The summed E-state index contributed by atoms with van der Waals surface area (Å²) in [4.78, 5) is 39.7. The Bertz CT molecular complexity index is 1920. The molecule has 4 aromatic rings. The Hall–Kier alpha value is -4.60. The average molecular weight is 694 g/mol. The molecule has 262 valence electrons. The topological polar surface area (TPSA) is 110 Å². The van der Waals surface area contributed by atoms with E-state index in [0.717, 1.165) is 74.3 Å². The molecule has 0 bridgehead atoms. The minimum Gasteiger partial charge on any atom is -0.481 e. The molecule has 0 spiro atoms. The van der Waals surface area contributed by atoms with Crippen LogP contribution in [0.1, 0.15) is 77.4 Å². The number of aliphatic carboxylic acids is 1. The summed E-state index contributed by atoms with van der Waals surface area (Å²) in [5.74, 6) is -0.932. The lowest BCUT2D eigenvalue weighted by atomic mass is 9.81. The Morgan fingerprint density at radius 3 is 2.24 bits per heavy atom. The third-order valence-electron chi connectivity index (χ3n) is 8.98. The molecule has 0 aliphatic carbocycles. The first kappa shape index (κ1) is 36.7. The van der Waals surface area contributed by atoms with Gasteiger partial charge in [0.25, 0.3) is 5.91 Å². The fraction of sp³-hybridized carbons (Fsp3) is 0.341. The zero-order chi connectivity index (χ0) is 36.3. The number of amides is 2. The van der Waals surface area contributed by atoms with Crippen LogP contribution in [0, 0.1) is 20.8 Å². The van der Waals surface area contributed by atoms with Gasteiger partial charge in [0.05, 0.1) is 24.3 Å². The molecule has 0 atom stereocenters. The number of benzene rings is 4. The highest BCUT2D eigenvalue weighted by Gasteiger charge is 2.31. The number of carbonyl (C=O) groups excluding carboxylic acids is 2. The predicted molar refractivity (Wildman–Crippen MR) is 204 cm³/mol. The zero-order valence-electron chi connectivity index (χ0n) is 30.0. The number of hydrogen-bond acceptors (Lipinski definition) is 6. The van der Waals surface area contributed by atoms with E-state index in [0.29, 0.717) is 30.8 Å². The van der Waals surface area contributed by atoms with Crippen LogP contribution in [0.4, 0.5) is 11.4 Å². The molecule has 9 heteroatoms. The molecule has 6 rings (SSSR count). The summed E-state index contributed by atoms with van der Waals surface area (Å²) in [5, 5.41) is 21.5. The lowest BCUT2D eigenvalue weighted by Gasteiger charge is -2.36. The summed E-state index contributed by atoms with van der Waals surface area (Å²) in [7, 11) is 0. The van der Waals surface area contributed by atoms with Gasteiger partial charge < -0.3 is 24.7 Å². The number of fused-ring (bicyclic) bond motifs is 3. The van der Waals surface area contributed by atoms with Crippen molar-refractivity contribution in [3.8, 4) is 22.3 Å². The van der Waals surface area contributed by atoms with Crippen molar-refractivity contribution in [2.24, 2.45) is 0 Å². The second kappa shape index (κ2) is 15.1. The van der Waals surface area contributed by atoms with Gasteiger partial charge in [0.1, 0.15) is 0 Å². The SMILES string of the molecule is CC(C)(C)O.CSN1Cc2cc(NC(=O)c3ccccc3CN3CCCC3=O)ccc2-c2c(C)c(-c3ccc(C)cc3)c(CC(=O)O)c(C)c21. The zero-order valence-corrected chi connectivity index (χ0v) is 30.8. The van der Waals surface area contributed by atoms with Crippen molar-refractivity contribution in [2.45, 2.75) is 79.5 Å². The van der Waals surface area contributed by atoms with Gasteiger partial charge in [0.2, 0.25) is 5.91 Å². The molecule has 0 unspecified atom stereocenters. The smallest absolute Gasteiger partial charge is 0.307 e. The second-order valence-electron chi connectivity index (χ2n) is 14.1. The summed E-state index contributed by atoms with van der Waals surface area (Å²) in [6, 6.07) is 21.8. The summed E-state index contributed by atoms with van der Waals surface area (Å²) >= 11 is 1.61. The van der Waals surface area contributed by atoms with Crippen LogP contribution in [-0.2, 0) is 29.1 Å². The minimum absolute atomic E-state index is 0.0589. The van der Waals surface area contributed by atoms with Crippen LogP contribution >= 0.6 is 11.9 Å². The molecule has 0 radical (unpaired) electrons. The van der Waals surface area contributed by atoms with Gasteiger partial charge in [-0.1, -0.05) is 66.0 Å². The molecule has 1 fully saturated rings. The number of aryl methyl sites for hydroxylation is 1.